The van der Waals surface area contributed by atoms with Gasteiger partial charge in [-0.25, -0.2) is 0 Å². The molecule has 1 atom stereocenters. The number of nitrogens with one attached hydrogen (secondary N) is 2. The van der Waals surface area contributed by atoms with Crippen molar-refractivity contribution < 1.29 is 13.9 Å². The highest BCUT2D eigenvalue weighted by molar-refractivity contribution is 14.0. The van der Waals surface area contributed by atoms with Crippen molar-refractivity contribution in [2.75, 3.05) is 27.3 Å². The summed E-state index contributed by atoms with van der Waals surface area (Å²) in [4.78, 5) is 4.27. The van der Waals surface area contributed by atoms with Crippen molar-refractivity contribution in [2.45, 2.75) is 19.6 Å². The largest absolute Gasteiger partial charge is 0.496 e. The zero-order valence-electron chi connectivity index (χ0n) is 17.0. The van der Waals surface area contributed by atoms with E-state index in [-0.39, 0.29) is 30.0 Å². The zero-order chi connectivity index (χ0) is 19.8. The number of aliphatic imine (C=N–C) groups is 1. The Balaban J connectivity index is 0.00000300. The number of ether oxygens (including phenoxy) is 2. The van der Waals surface area contributed by atoms with Crippen molar-refractivity contribution in [3.8, 4) is 5.75 Å². The predicted molar refractivity (Wildman–Crippen MR) is 127 cm³/mol. The number of guanidine groups is 1. The zero-order valence-corrected chi connectivity index (χ0v) is 19.3. The smallest absolute Gasteiger partial charge is 0.191 e. The Morgan fingerprint density at radius 1 is 1.14 bits per heavy atom. The van der Waals surface area contributed by atoms with Crippen molar-refractivity contribution in [2.24, 2.45) is 4.99 Å². The van der Waals surface area contributed by atoms with Gasteiger partial charge in [0.15, 0.2) is 5.96 Å². The number of para-hydroxylation sites is 2. The third-order valence-corrected chi connectivity index (χ3v) is 4.44. The van der Waals surface area contributed by atoms with Gasteiger partial charge in [-0.05, 0) is 25.1 Å². The summed E-state index contributed by atoms with van der Waals surface area (Å²) in [6.45, 7) is 3.75. The monoisotopic (exact) mass is 509 g/mol. The highest BCUT2D eigenvalue weighted by atomic mass is 127. The van der Waals surface area contributed by atoms with Crippen LogP contribution in [0.1, 0.15) is 24.3 Å². The standard InChI is InChI=1S/C22H27N3O3.HI/c1-16(21-14-17-8-4-7-11-20(17)28-21)25-22(23-2)24-12-13-27-15-18-9-5-6-10-19(18)26-3;/h4-11,14,16H,12-13,15H2,1-3H3,(H2,23,24,25);1H. The molecule has 3 aromatic rings. The Morgan fingerprint density at radius 2 is 1.90 bits per heavy atom. The molecule has 0 radical (unpaired) electrons. The Kier molecular flexibility index (Phi) is 9.27. The van der Waals surface area contributed by atoms with Gasteiger partial charge in [-0.1, -0.05) is 36.4 Å². The second-order valence-corrected chi connectivity index (χ2v) is 6.42. The summed E-state index contributed by atoms with van der Waals surface area (Å²) in [5.74, 6) is 2.41. The van der Waals surface area contributed by atoms with Crippen molar-refractivity contribution in [1.29, 1.82) is 0 Å². The van der Waals surface area contributed by atoms with Crippen LogP contribution in [0.5, 0.6) is 5.75 Å². The molecule has 1 unspecified atom stereocenters. The van der Waals surface area contributed by atoms with Gasteiger partial charge in [0.1, 0.15) is 17.1 Å². The minimum absolute atomic E-state index is 0. The van der Waals surface area contributed by atoms with Gasteiger partial charge in [-0.3, -0.25) is 4.99 Å². The normalized spacial score (nSPS) is 12.3. The fourth-order valence-electron chi connectivity index (χ4n) is 2.93. The molecule has 2 aromatic carbocycles. The molecule has 0 bridgehead atoms. The summed E-state index contributed by atoms with van der Waals surface area (Å²) in [6.07, 6.45) is 0. The van der Waals surface area contributed by atoms with Crippen LogP contribution in [0.3, 0.4) is 0 Å². The highest BCUT2D eigenvalue weighted by Crippen LogP contribution is 2.23. The number of halogens is 1. The first-order valence-corrected chi connectivity index (χ1v) is 9.36. The summed E-state index contributed by atoms with van der Waals surface area (Å²) in [6, 6.07) is 17.9. The summed E-state index contributed by atoms with van der Waals surface area (Å²) in [5.41, 5.74) is 1.92. The average Bonchev–Trinajstić information content (AvgIpc) is 3.17. The first kappa shape index (κ1) is 23.0. The van der Waals surface area contributed by atoms with E-state index in [0.29, 0.717) is 25.7 Å². The quantitative estimate of drug-likeness (QED) is 0.203. The molecular weight excluding hydrogens is 481 g/mol. The van der Waals surface area contributed by atoms with Gasteiger partial charge in [-0.15, -0.1) is 24.0 Å². The van der Waals surface area contributed by atoms with E-state index in [4.69, 9.17) is 13.9 Å². The summed E-state index contributed by atoms with van der Waals surface area (Å²) in [7, 11) is 3.41. The fraction of sp³-hybridized carbons (Fsp3) is 0.318. The molecule has 3 rings (SSSR count). The Hall–Kier alpha value is -2.26. The molecule has 156 valence electrons. The SMILES string of the molecule is CN=C(NCCOCc1ccccc1OC)NC(C)c1cc2ccccc2o1.I. The molecule has 1 aromatic heterocycles. The second-order valence-electron chi connectivity index (χ2n) is 6.42. The Bertz CT molecular complexity index is 893. The molecule has 0 aliphatic heterocycles. The number of methoxy groups -OCH3 is 1. The number of fused-ring (bicyclic) bond motifs is 1. The van der Waals surface area contributed by atoms with E-state index in [1.807, 2.05) is 55.5 Å². The molecule has 0 spiro atoms. The number of hydrogen-bond acceptors (Lipinski definition) is 4. The van der Waals surface area contributed by atoms with Crippen molar-refractivity contribution in [3.05, 3.63) is 65.9 Å². The Morgan fingerprint density at radius 3 is 2.66 bits per heavy atom. The number of nitrogens with zero attached hydrogens (tertiary/aromatic N) is 1. The van der Waals surface area contributed by atoms with Gasteiger partial charge >= 0.3 is 0 Å². The van der Waals surface area contributed by atoms with Crippen LogP contribution in [-0.4, -0.2) is 33.3 Å². The summed E-state index contributed by atoms with van der Waals surface area (Å²) in [5, 5.41) is 7.70. The van der Waals surface area contributed by atoms with E-state index < -0.39 is 0 Å². The molecular formula is C22H28IN3O3. The van der Waals surface area contributed by atoms with Crippen LogP contribution in [0, 0.1) is 0 Å². The molecule has 29 heavy (non-hydrogen) atoms. The molecule has 7 heteroatoms. The van der Waals surface area contributed by atoms with Crippen LogP contribution in [0.4, 0.5) is 0 Å². The minimum Gasteiger partial charge on any atom is -0.496 e. The van der Waals surface area contributed by atoms with Gasteiger partial charge in [0.05, 0.1) is 26.4 Å². The third-order valence-electron chi connectivity index (χ3n) is 4.44. The lowest BCUT2D eigenvalue weighted by Gasteiger charge is -2.16. The molecule has 6 nitrogen and oxygen atoms in total. The number of benzene rings is 2. The van der Waals surface area contributed by atoms with E-state index in [1.54, 1.807) is 14.2 Å². The topological polar surface area (TPSA) is 68.0 Å². The lowest BCUT2D eigenvalue weighted by atomic mass is 10.2. The van der Waals surface area contributed by atoms with Crippen molar-refractivity contribution in [1.82, 2.24) is 10.6 Å². The highest BCUT2D eigenvalue weighted by Gasteiger charge is 2.12. The minimum atomic E-state index is -0.00639. The maximum absolute atomic E-state index is 5.91. The van der Waals surface area contributed by atoms with E-state index in [9.17, 15) is 0 Å². The lowest BCUT2D eigenvalue weighted by Crippen LogP contribution is -2.40. The maximum Gasteiger partial charge on any atom is 0.191 e. The van der Waals surface area contributed by atoms with Crippen LogP contribution in [0.2, 0.25) is 0 Å². The molecule has 0 aliphatic rings. The molecule has 0 amide bonds. The van der Waals surface area contributed by atoms with E-state index in [1.165, 1.54) is 0 Å². The van der Waals surface area contributed by atoms with Crippen molar-refractivity contribution in [3.63, 3.8) is 0 Å². The number of furan rings is 1. The maximum atomic E-state index is 5.91. The number of hydrogen-bond donors (Lipinski definition) is 2. The molecule has 1 heterocycles. The van der Waals surface area contributed by atoms with Crippen molar-refractivity contribution >= 4 is 40.9 Å². The average molecular weight is 509 g/mol. The van der Waals surface area contributed by atoms with E-state index >= 15 is 0 Å². The summed E-state index contributed by atoms with van der Waals surface area (Å²) < 4.78 is 17.0. The van der Waals surface area contributed by atoms with Gasteiger partial charge in [0.2, 0.25) is 0 Å². The lowest BCUT2D eigenvalue weighted by molar-refractivity contribution is 0.123. The predicted octanol–water partition coefficient (Wildman–Crippen LogP) is 4.50. The molecule has 0 saturated heterocycles. The third kappa shape index (κ3) is 6.37. The van der Waals surface area contributed by atoms with Crippen LogP contribution in [0.25, 0.3) is 11.0 Å². The van der Waals surface area contributed by atoms with Crippen LogP contribution in [0.15, 0.2) is 64.0 Å². The van der Waals surface area contributed by atoms with Crippen LogP contribution < -0.4 is 15.4 Å². The molecule has 0 saturated carbocycles. The van der Waals surface area contributed by atoms with Gasteiger partial charge in [0.25, 0.3) is 0 Å². The first-order chi connectivity index (χ1) is 13.7. The van der Waals surface area contributed by atoms with Crippen LogP contribution in [-0.2, 0) is 11.3 Å². The van der Waals surface area contributed by atoms with Gasteiger partial charge < -0.3 is 24.5 Å². The number of rotatable bonds is 8. The van der Waals surface area contributed by atoms with Gasteiger partial charge in [0, 0.05) is 24.5 Å². The van der Waals surface area contributed by atoms with E-state index in [2.05, 4.69) is 21.7 Å². The second kappa shape index (κ2) is 11.7. The first-order valence-electron chi connectivity index (χ1n) is 9.36. The van der Waals surface area contributed by atoms with E-state index in [0.717, 1.165) is 28.0 Å². The molecule has 0 aliphatic carbocycles. The Labute approximate surface area is 188 Å². The molecule has 0 fully saturated rings. The molecule has 2 N–H and O–H groups in total. The van der Waals surface area contributed by atoms with Gasteiger partial charge in [-0.2, -0.15) is 0 Å². The van der Waals surface area contributed by atoms with Crippen LogP contribution >= 0.6 is 24.0 Å². The fourth-order valence-corrected chi connectivity index (χ4v) is 2.93. The summed E-state index contributed by atoms with van der Waals surface area (Å²) >= 11 is 0.